The van der Waals surface area contributed by atoms with Crippen molar-refractivity contribution in [3.8, 4) is 23.8 Å². The zero-order valence-electron chi connectivity index (χ0n) is 32.8. The molecule has 1 saturated heterocycles. The fourth-order valence-electron chi connectivity index (χ4n) is 6.73. The van der Waals surface area contributed by atoms with Gasteiger partial charge in [-0.2, -0.15) is 4.98 Å². The zero-order valence-corrected chi connectivity index (χ0v) is 33.7. The van der Waals surface area contributed by atoms with E-state index in [0.29, 0.717) is 17.9 Å². The molecule has 1 aliphatic heterocycles. The molecule has 1 fully saturated rings. The lowest BCUT2D eigenvalue weighted by Crippen LogP contribution is -2.41. The van der Waals surface area contributed by atoms with Crippen molar-refractivity contribution < 1.29 is 37.2 Å². The summed E-state index contributed by atoms with van der Waals surface area (Å²) in [4.78, 5) is 29.0. The highest BCUT2D eigenvalue weighted by molar-refractivity contribution is 7.44. The Labute approximate surface area is 329 Å². The minimum Gasteiger partial charge on any atom is -0.497 e. The predicted molar refractivity (Wildman–Crippen MR) is 213 cm³/mol. The van der Waals surface area contributed by atoms with Crippen molar-refractivity contribution in [2.45, 2.75) is 83.3 Å². The van der Waals surface area contributed by atoms with E-state index in [1.54, 1.807) is 14.2 Å². The van der Waals surface area contributed by atoms with Gasteiger partial charge in [-0.15, -0.1) is 12.3 Å². The molecule has 5 rings (SSSR count). The molecule has 1 aromatic heterocycles. The fourth-order valence-corrected chi connectivity index (χ4v) is 8.49. The largest absolute Gasteiger partial charge is 0.497 e. The number of hydrogen-bond donors (Lipinski definition) is 1. The lowest BCUT2D eigenvalue weighted by Gasteiger charge is -2.39. The lowest BCUT2D eigenvalue weighted by atomic mass is 9.80. The maximum atomic E-state index is 17.2. The third-order valence-corrected chi connectivity index (χ3v) is 11.3. The number of methoxy groups -OCH3 is 2. The molecule has 298 valence electrons. The first-order chi connectivity index (χ1) is 26.9. The van der Waals surface area contributed by atoms with Crippen LogP contribution < -0.4 is 20.5 Å². The van der Waals surface area contributed by atoms with Gasteiger partial charge in [0, 0.05) is 31.6 Å². The number of anilines is 1. The van der Waals surface area contributed by atoms with Gasteiger partial charge in [-0.3, -0.25) is 9.36 Å². The van der Waals surface area contributed by atoms with Crippen LogP contribution in [0.25, 0.3) is 0 Å². The van der Waals surface area contributed by atoms with Gasteiger partial charge in [0.05, 0.1) is 27.4 Å². The first-order valence-corrected chi connectivity index (χ1v) is 19.5. The Balaban J connectivity index is 1.62. The maximum absolute atomic E-state index is 17.2. The summed E-state index contributed by atoms with van der Waals surface area (Å²) in [5.41, 5.74) is 0.235. The molecule has 3 aromatic carbocycles. The highest BCUT2D eigenvalue weighted by atomic mass is 31.2. The van der Waals surface area contributed by atoms with Crippen LogP contribution in [0.3, 0.4) is 0 Å². The van der Waals surface area contributed by atoms with Crippen LogP contribution in [0, 0.1) is 12.3 Å². The number of halogens is 1. The van der Waals surface area contributed by atoms with E-state index in [9.17, 15) is 9.59 Å². The zero-order chi connectivity index (χ0) is 40.4. The number of aromatic nitrogens is 2. The van der Waals surface area contributed by atoms with Gasteiger partial charge in [-0.05, 0) is 74.7 Å². The van der Waals surface area contributed by atoms with Crippen molar-refractivity contribution in [3.63, 3.8) is 0 Å². The molecule has 2 heterocycles. The number of rotatable bonds is 18. The third kappa shape index (κ3) is 9.64. The minimum absolute atomic E-state index is 0.0291. The summed E-state index contributed by atoms with van der Waals surface area (Å²) in [6, 6.07) is 26.1. The number of ether oxygens (including phenoxy) is 4. The van der Waals surface area contributed by atoms with Gasteiger partial charge in [-0.1, -0.05) is 54.6 Å². The second-order valence-electron chi connectivity index (χ2n) is 13.7. The normalized spacial score (nSPS) is 18.9. The van der Waals surface area contributed by atoms with Gasteiger partial charge in [-0.25, -0.2) is 13.9 Å². The van der Waals surface area contributed by atoms with Crippen molar-refractivity contribution in [2.24, 2.45) is 0 Å². The van der Waals surface area contributed by atoms with Crippen LogP contribution in [0.15, 0.2) is 95.9 Å². The molecular formula is C42H50FN4O8P. The van der Waals surface area contributed by atoms with E-state index < -0.39 is 50.3 Å². The van der Waals surface area contributed by atoms with E-state index in [4.69, 9.17) is 34.4 Å². The van der Waals surface area contributed by atoms with Crippen LogP contribution in [-0.4, -0.2) is 78.0 Å². The number of hydrogen-bond acceptors (Lipinski definition) is 10. The van der Waals surface area contributed by atoms with Gasteiger partial charge in [0.2, 0.25) is 5.91 Å². The molecule has 14 heteroatoms. The first kappa shape index (κ1) is 42.5. The standard InChI is InChI=1S/C42H50FN4O8P/c1-9-10-26-53-56(47(28(2)3)29(4)5)55-39-36(54-40(38(39)43)46-25-24-37(44-30(6)48)45-41(46)49)27-52-42(31-14-12-11-13-15-31,32-16-20-34(50-7)21-17-32)33-18-22-35(51-8)23-19-33/h1,11-25,28-29,36,38-40H,10,26-27H2,2-8H3,(H,44,45,48,49)/t36-,38-,39-,40-,56?/m1/s1. The van der Waals surface area contributed by atoms with Crippen LogP contribution in [0.4, 0.5) is 10.2 Å². The van der Waals surface area contributed by atoms with E-state index in [2.05, 4.69) is 16.2 Å². The minimum atomic E-state index is -1.89. The molecule has 1 N–H and O–H groups in total. The summed E-state index contributed by atoms with van der Waals surface area (Å²) in [5.74, 6) is 3.52. The van der Waals surface area contributed by atoms with Gasteiger partial charge < -0.3 is 33.3 Å². The average Bonchev–Trinajstić information content (AvgIpc) is 3.49. The number of terminal acetylenes is 1. The number of nitrogens with one attached hydrogen (secondary N) is 1. The Morgan fingerprint density at radius 1 is 0.964 bits per heavy atom. The number of carbonyl (C=O) groups excluding carboxylic acids is 1. The van der Waals surface area contributed by atoms with Crippen molar-refractivity contribution in [1.82, 2.24) is 14.2 Å². The molecule has 0 spiro atoms. The van der Waals surface area contributed by atoms with Crippen LogP contribution in [0.1, 0.15) is 64.0 Å². The Kier molecular flexibility index (Phi) is 14.8. The molecule has 1 aliphatic rings. The molecule has 4 aromatic rings. The van der Waals surface area contributed by atoms with Crippen LogP contribution in [-0.2, 0) is 28.9 Å². The predicted octanol–water partition coefficient (Wildman–Crippen LogP) is 7.23. The Morgan fingerprint density at radius 3 is 2.04 bits per heavy atom. The third-order valence-electron chi connectivity index (χ3n) is 9.22. The molecule has 0 saturated carbocycles. The second kappa shape index (κ2) is 19.5. The van der Waals surface area contributed by atoms with E-state index in [1.807, 2.05) is 111 Å². The van der Waals surface area contributed by atoms with Crippen molar-refractivity contribution in [2.75, 3.05) is 32.8 Å². The van der Waals surface area contributed by atoms with Crippen molar-refractivity contribution in [3.05, 3.63) is 118 Å². The number of alkyl halides is 1. The highest BCUT2D eigenvalue weighted by Gasteiger charge is 2.51. The summed E-state index contributed by atoms with van der Waals surface area (Å²) in [6.07, 6.45) is 1.53. The van der Waals surface area contributed by atoms with Crippen LogP contribution in [0.2, 0.25) is 0 Å². The van der Waals surface area contributed by atoms with Gasteiger partial charge in [0.1, 0.15) is 35.1 Å². The molecule has 12 nitrogen and oxygen atoms in total. The highest BCUT2D eigenvalue weighted by Crippen LogP contribution is 2.51. The smallest absolute Gasteiger partial charge is 0.351 e. The van der Waals surface area contributed by atoms with Gasteiger partial charge in [0.15, 0.2) is 12.4 Å². The van der Waals surface area contributed by atoms with Gasteiger partial charge in [0.25, 0.3) is 8.53 Å². The number of benzene rings is 3. The van der Waals surface area contributed by atoms with Gasteiger partial charge >= 0.3 is 5.69 Å². The average molecular weight is 789 g/mol. The summed E-state index contributed by atoms with van der Waals surface area (Å²) in [5, 5.41) is 2.48. The van der Waals surface area contributed by atoms with E-state index in [1.165, 1.54) is 19.2 Å². The summed E-state index contributed by atoms with van der Waals surface area (Å²) in [6.45, 7) is 9.31. The number of nitrogens with zero attached hydrogens (tertiary/aromatic N) is 3. The molecular weight excluding hydrogens is 738 g/mol. The van der Waals surface area contributed by atoms with Crippen LogP contribution in [0.5, 0.6) is 11.5 Å². The van der Waals surface area contributed by atoms with E-state index in [0.717, 1.165) is 21.3 Å². The molecule has 5 atom stereocenters. The summed E-state index contributed by atoms with van der Waals surface area (Å²) < 4.78 is 57.7. The maximum Gasteiger partial charge on any atom is 0.351 e. The quantitative estimate of drug-likeness (QED) is 0.0478. The molecule has 0 bridgehead atoms. The summed E-state index contributed by atoms with van der Waals surface area (Å²) >= 11 is 0. The monoisotopic (exact) mass is 788 g/mol. The topological polar surface area (TPSA) is 123 Å². The Hall–Kier alpha value is -4.67. The SMILES string of the molecule is C#CCCOP(O[C@H]1[C@@H](F)[C@H](n2ccc(NC(C)=O)nc2=O)O[C@@H]1COC(c1ccccc1)(c1ccc(OC)cc1)c1ccc(OC)cc1)N(C(C)C)C(C)C. The lowest BCUT2D eigenvalue weighted by molar-refractivity contribution is -0.114. The first-order valence-electron chi connectivity index (χ1n) is 18.4. The number of amides is 1. The molecule has 0 aliphatic carbocycles. The molecule has 0 radical (unpaired) electrons. The van der Waals surface area contributed by atoms with Crippen molar-refractivity contribution in [1.29, 1.82) is 0 Å². The second-order valence-corrected chi connectivity index (χ2v) is 15.1. The van der Waals surface area contributed by atoms with E-state index >= 15 is 4.39 Å². The summed E-state index contributed by atoms with van der Waals surface area (Å²) in [7, 11) is 1.31. The molecule has 1 amide bonds. The molecule has 1 unspecified atom stereocenters. The Bertz CT molecular complexity index is 1920. The number of carbonyl (C=O) groups is 1. The van der Waals surface area contributed by atoms with E-state index in [-0.39, 0.29) is 31.1 Å². The van der Waals surface area contributed by atoms with Crippen LogP contribution >= 0.6 is 8.53 Å². The molecule has 56 heavy (non-hydrogen) atoms. The van der Waals surface area contributed by atoms with Crippen molar-refractivity contribution >= 4 is 20.3 Å². The fraction of sp³-hybridized carbons (Fsp3) is 0.405. The Morgan fingerprint density at radius 2 is 1.54 bits per heavy atom.